The molecule has 308 valence electrons. The number of nitrogens with two attached hydrogens (primary N) is 3. The Morgan fingerprint density at radius 1 is 0.630 bits per heavy atom. The number of aliphatic hydroxyl groups excluding tert-OH is 2. The zero-order chi connectivity index (χ0) is 41.9. The molecule has 0 heterocycles. The van der Waals surface area contributed by atoms with Crippen LogP contribution in [0.1, 0.15) is 60.3 Å². The second-order valence-corrected chi connectivity index (χ2v) is 13.2. The van der Waals surface area contributed by atoms with Crippen molar-refractivity contribution in [2.24, 2.45) is 23.1 Å². The molecule has 9 atom stereocenters. The van der Waals surface area contributed by atoms with Crippen LogP contribution in [-0.4, -0.2) is 142 Å². The molecule has 0 bridgehead atoms. The summed E-state index contributed by atoms with van der Waals surface area (Å²) in [7, 11) is 0. The van der Waals surface area contributed by atoms with E-state index in [-0.39, 0.29) is 12.2 Å². The third-order valence-electron chi connectivity index (χ3n) is 7.80. The molecule has 8 amide bonds. The second-order valence-electron chi connectivity index (χ2n) is 12.9. The van der Waals surface area contributed by atoms with Gasteiger partial charge in [-0.15, -0.1) is 0 Å². The number of hydrogen-bond donors (Lipinski definition) is 14. The van der Waals surface area contributed by atoms with Crippen LogP contribution in [0.3, 0.4) is 0 Å². The molecule has 0 aliphatic heterocycles. The van der Waals surface area contributed by atoms with Crippen LogP contribution in [0.15, 0.2) is 0 Å². The molecule has 22 nitrogen and oxygen atoms in total. The van der Waals surface area contributed by atoms with Gasteiger partial charge in [-0.25, -0.2) is 4.79 Å². The molecular formula is C31H56N10O12S. The zero-order valence-electron chi connectivity index (χ0n) is 30.9. The van der Waals surface area contributed by atoms with Gasteiger partial charge in [0.2, 0.25) is 47.3 Å². The lowest BCUT2D eigenvalue weighted by Crippen LogP contribution is -2.61. The van der Waals surface area contributed by atoms with Gasteiger partial charge in [-0.3, -0.25) is 38.4 Å². The number of amides is 8. The summed E-state index contributed by atoms with van der Waals surface area (Å²) in [6.45, 7) is 6.23. The maximum Gasteiger partial charge on any atom is 0.326 e. The molecule has 0 aromatic heterocycles. The maximum atomic E-state index is 13.4. The highest BCUT2D eigenvalue weighted by molar-refractivity contribution is 7.80. The summed E-state index contributed by atoms with van der Waals surface area (Å²) in [6.07, 6.45) is -0.908. The van der Waals surface area contributed by atoms with Gasteiger partial charge in [-0.05, 0) is 52.5 Å². The van der Waals surface area contributed by atoms with Crippen molar-refractivity contribution in [3.8, 4) is 0 Å². The first kappa shape index (κ1) is 49.4. The first-order chi connectivity index (χ1) is 25.1. The molecular weight excluding hydrogens is 736 g/mol. The minimum atomic E-state index is -1.68. The van der Waals surface area contributed by atoms with Crippen molar-refractivity contribution < 1.29 is 58.5 Å². The number of rotatable bonds is 25. The van der Waals surface area contributed by atoms with Gasteiger partial charge in [0, 0.05) is 5.75 Å². The van der Waals surface area contributed by atoms with Gasteiger partial charge in [-0.2, -0.15) is 12.6 Å². The van der Waals surface area contributed by atoms with Gasteiger partial charge >= 0.3 is 5.97 Å². The van der Waals surface area contributed by atoms with Crippen molar-refractivity contribution in [3.63, 3.8) is 0 Å². The van der Waals surface area contributed by atoms with Crippen molar-refractivity contribution in [3.05, 3.63) is 0 Å². The van der Waals surface area contributed by atoms with E-state index in [4.69, 9.17) is 17.2 Å². The summed E-state index contributed by atoms with van der Waals surface area (Å²) >= 11 is 4.06. The summed E-state index contributed by atoms with van der Waals surface area (Å²) in [6, 6.07) is -11.2. The number of carbonyl (C=O) groups is 9. The molecule has 0 spiro atoms. The van der Waals surface area contributed by atoms with Crippen molar-refractivity contribution >= 4 is 65.9 Å². The Morgan fingerprint density at radius 3 is 1.54 bits per heavy atom. The molecule has 0 rings (SSSR count). The number of aliphatic carboxylic acids is 1. The SMILES string of the molecule is CC(C)[C@H](NC(=O)[C@H](CO)NC(=O)[C@H](C)NC(=O)[C@@H](N)[C@@H](C)O)C(=O)N[C@@H](CC(N)=O)C(=O)N[C@@H](CS)C(=O)N[C@@H](C)C(=O)N[C@@H](CCCCN)C(=O)O. The summed E-state index contributed by atoms with van der Waals surface area (Å²) in [5.74, 6) is -9.93. The quantitative estimate of drug-likeness (QED) is 0.0302. The molecule has 0 aliphatic rings. The molecule has 0 radical (unpaired) electrons. The first-order valence-electron chi connectivity index (χ1n) is 17.1. The Kier molecular flexibility index (Phi) is 22.6. The molecule has 0 aromatic rings. The van der Waals surface area contributed by atoms with Gasteiger partial charge in [0.05, 0.1) is 19.1 Å². The monoisotopic (exact) mass is 792 g/mol. The number of primary amides is 1. The van der Waals surface area contributed by atoms with Crippen LogP contribution in [0.4, 0.5) is 0 Å². The van der Waals surface area contributed by atoms with Crippen molar-refractivity contribution in [1.82, 2.24) is 37.2 Å². The zero-order valence-corrected chi connectivity index (χ0v) is 31.8. The third-order valence-corrected chi connectivity index (χ3v) is 8.17. The minimum absolute atomic E-state index is 0.101. The largest absolute Gasteiger partial charge is 0.480 e. The molecule has 0 saturated heterocycles. The Hall–Kier alpha value is -4.58. The van der Waals surface area contributed by atoms with E-state index in [2.05, 4.69) is 49.8 Å². The fraction of sp³-hybridized carbons (Fsp3) is 0.710. The van der Waals surface area contributed by atoms with Crippen molar-refractivity contribution in [1.29, 1.82) is 0 Å². The van der Waals surface area contributed by atoms with E-state index >= 15 is 0 Å². The van der Waals surface area contributed by atoms with Crippen molar-refractivity contribution in [2.75, 3.05) is 18.9 Å². The predicted molar refractivity (Wildman–Crippen MR) is 195 cm³/mol. The van der Waals surface area contributed by atoms with Gasteiger partial charge in [0.25, 0.3) is 0 Å². The Bertz CT molecular complexity index is 1340. The van der Waals surface area contributed by atoms with Crippen LogP contribution in [0.25, 0.3) is 0 Å². The van der Waals surface area contributed by atoms with Gasteiger partial charge in [0.15, 0.2) is 0 Å². The molecule has 0 saturated carbocycles. The summed E-state index contributed by atoms with van der Waals surface area (Å²) in [5.41, 5.74) is 16.3. The number of aliphatic hydroxyl groups is 2. The number of unbranched alkanes of at least 4 members (excludes halogenated alkanes) is 1. The third kappa shape index (κ3) is 17.5. The fourth-order valence-electron chi connectivity index (χ4n) is 4.44. The first-order valence-corrected chi connectivity index (χ1v) is 17.7. The van der Waals surface area contributed by atoms with Crippen LogP contribution < -0.4 is 54.4 Å². The average molecular weight is 793 g/mol. The number of carboxylic acids is 1. The molecule has 0 aromatic carbocycles. The van der Waals surface area contributed by atoms with E-state index in [0.717, 1.165) is 0 Å². The van der Waals surface area contributed by atoms with Crippen LogP contribution >= 0.6 is 12.6 Å². The topological polar surface area (TPSA) is 377 Å². The smallest absolute Gasteiger partial charge is 0.326 e. The fourth-order valence-corrected chi connectivity index (χ4v) is 4.70. The second kappa shape index (κ2) is 24.7. The highest BCUT2D eigenvalue weighted by atomic mass is 32.1. The summed E-state index contributed by atoms with van der Waals surface area (Å²) in [5, 5.41) is 44.8. The average Bonchev–Trinajstić information content (AvgIpc) is 3.09. The van der Waals surface area contributed by atoms with E-state index in [1.807, 2.05) is 0 Å². The molecule has 54 heavy (non-hydrogen) atoms. The van der Waals surface area contributed by atoms with Gasteiger partial charge in [-0.1, -0.05) is 13.8 Å². The minimum Gasteiger partial charge on any atom is -0.480 e. The maximum absolute atomic E-state index is 13.4. The van der Waals surface area contributed by atoms with Crippen LogP contribution in [-0.2, 0) is 43.2 Å². The summed E-state index contributed by atoms with van der Waals surface area (Å²) < 4.78 is 0. The number of hydrogen-bond acceptors (Lipinski definition) is 14. The normalized spacial score (nSPS) is 16.1. The van der Waals surface area contributed by atoms with Gasteiger partial charge < -0.3 is 69.7 Å². The van der Waals surface area contributed by atoms with E-state index < -0.39 is 127 Å². The highest BCUT2D eigenvalue weighted by Gasteiger charge is 2.34. The van der Waals surface area contributed by atoms with Crippen molar-refractivity contribution in [2.45, 2.75) is 115 Å². The lowest BCUT2D eigenvalue weighted by atomic mass is 10.0. The van der Waals surface area contributed by atoms with E-state index in [0.29, 0.717) is 19.4 Å². The number of thiol groups is 1. The molecule has 16 N–H and O–H groups in total. The van der Waals surface area contributed by atoms with Crippen LogP contribution in [0, 0.1) is 5.92 Å². The molecule has 0 fully saturated rings. The number of carbonyl (C=O) groups excluding carboxylic acids is 8. The van der Waals surface area contributed by atoms with E-state index in [1.165, 1.54) is 34.6 Å². The van der Waals surface area contributed by atoms with E-state index in [1.54, 1.807) is 0 Å². The Labute approximate surface area is 318 Å². The highest BCUT2D eigenvalue weighted by Crippen LogP contribution is 2.06. The lowest BCUT2D eigenvalue weighted by molar-refractivity contribution is -0.142. The number of nitrogens with one attached hydrogen (secondary N) is 7. The Morgan fingerprint density at radius 2 is 1.09 bits per heavy atom. The molecule has 0 unspecified atom stereocenters. The van der Waals surface area contributed by atoms with Crippen LogP contribution in [0.2, 0.25) is 0 Å². The lowest BCUT2D eigenvalue weighted by Gasteiger charge is -2.28. The van der Waals surface area contributed by atoms with E-state index in [9.17, 15) is 58.5 Å². The predicted octanol–water partition coefficient (Wildman–Crippen LogP) is -6.21. The molecule has 0 aliphatic carbocycles. The summed E-state index contributed by atoms with van der Waals surface area (Å²) in [4.78, 5) is 113. The molecule has 23 heteroatoms. The van der Waals surface area contributed by atoms with Crippen LogP contribution in [0.5, 0.6) is 0 Å². The van der Waals surface area contributed by atoms with Gasteiger partial charge in [0.1, 0.15) is 48.3 Å². The Balaban J connectivity index is 5.69. The standard InChI is InChI=1S/C31H56N10O12S/c1-13(2)23(41-27(48)19(11-42)39-25(46)15(4)36-29(50)22(34)16(5)43)30(51)38-18(10-21(33)44)26(47)40-20(12-54)28(49)35-14(3)24(45)37-17(31(52)53)8-6-7-9-32/h13-20,22-23,42-43,54H,6-12,32,34H2,1-5H3,(H2,33,44)(H,35,49)(H,36,50)(H,37,45)(H,38,51)(H,39,46)(H,40,47)(H,41,48)(H,52,53)/t14-,15-,16+,17-,18-,19-,20-,22-,23-/m0/s1. The number of carboxylic acid groups (broad SMARTS) is 1.